The average Bonchev–Trinajstić information content (AvgIpc) is 2.54. The van der Waals surface area contributed by atoms with E-state index < -0.39 is 11.4 Å². The van der Waals surface area contributed by atoms with Gasteiger partial charge < -0.3 is 10.4 Å². The van der Waals surface area contributed by atoms with E-state index in [0.29, 0.717) is 17.3 Å². The number of fused-ring (bicyclic) bond motifs is 1. The molecule has 24 heavy (non-hydrogen) atoms. The number of nitrogens with zero attached hydrogens (tertiary/aromatic N) is 2. The Morgan fingerprint density at radius 1 is 1.29 bits per heavy atom. The Labute approximate surface area is 139 Å². The van der Waals surface area contributed by atoms with E-state index in [1.54, 1.807) is 32.0 Å². The number of para-hydroxylation sites is 1. The normalized spacial score (nSPS) is 11.4. The highest BCUT2D eigenvalue weighted by molar-refractivity contribution is 5.77. The SMILES string of the molecule is CC(C)(CCNC(=O)CCn1cnc2ccccc2c1=O)C(=O)O. The fraction of sp³-hybridized carbons (Fsp3) is 0.412. The van der Waals surface area contributed by atoms with Crippen LogP contribution in [0.3, 0.4) is 0 Å². The second-order valence-corrected chi connectivity index (χ2v) is 6.30. The van der Waals surface area contributed by atoms with Crippen LogP contribution >= 0.6 is 0 Å². The fourth-order valence-corrected chi connectivity index (χ4v) is 2.20. The lowest BCUT2D eigenvalue weighted by atomic mass is 9.90. The van der Waals surface area contributed by atoms with E-state index in [4.69, 9.17) is 5.11 Å². The summed E-state index contributed by atoms with van der Waals surface area (Å²) in [5.41, 5.74) is -0.438. The number of benzene rings is 1. The predicted molar refractivity (Wildman–Crippen MR) is 89.7 cm³/mol. The van der Waals surface area contributed by atoms with E-state index in [1.165, 1.54) is 10.9 Å². The van der Waals surface area contributed by atoms with Gasteiger partial charge in [-0.2, -0.15) is 0 Å². The summed E-state index contributed by atoms with van der Waals surface area (Å²) in [5, 5.41) is 12.2. The number of rotatable bonds is 7. The first-order valence-electron chi connectivity index (χ1n) is 7.75. The highest BCUT2D eigenvalue weighted by Crippen LogP contribution is 2.19. The number of carbonyl (C=O) groups excluding carboxylic acids is 1. The molecule has 0 saturated carbocycles. The summed E-state index contributed by atoms with van der Waals surface area (Å²) >= 11 is 0. The molecule has 0 saturated heterocycles. The van der Waals surface area contributed by atoms with Gasteiger partial charge in [0.25, 0.3) is 5.56 Å². The Hall–Kier alpha value is -2.70. The van der Waals surface area contributed by atoms with Gasteiger partial charge in [0.05, 0.1) is 22.6 Å². The van der Waals surface area contributed by atoms with Crippen molar-refractivity contribution < 1.29 is 14.7 Å². The van der Waals surface area contributed by atoms with Crippen LogP contribution in [0.1, 0.15) is 26.7 Å². The number of aromatic nitrogens is 2. The van der Waals surface area contributed by atoms with Crippen molar-refractivity contribution in [3.8, 4) is 0 Å². The van der Waals surface area contributed by atoms with E-state index in [0.717, 1.165) is 0 Å². The van der Waals surface area contributed by atoms with Gasteiger partial charge in [-0.3, -0.25) is 19.0 Å². The number of amides is 1. The summed E-state index contributed by atoms with van der Waals surface area (Å²) in [4.78, 5) is 39.3. The van der Waals surface area contributed by atoms with E-state index >= 15 is 0 Å². The van der Waals surface area contributed by atoms with Crippen molar-refractivity contribution in [3.63, 3.8) is 0 Å². The van der Waals surface area contributed by atoms with Gasteiger partial charge in [-0.15, -0.1) is 0 Å². The summed E-state index contributed by atoms with van der Waals surface area (Å²) in [6, 6.07) is 7.05. The topological polar surface area (TPSA) is 101 Å². The molecule has 2 N–H and O–H groups in total. The molecule has 128 valence electrons. The molecular formula is C17H21N3O4. The van der Waals surface area contributed by atoms with E-state index in [-0.39, 0.29) is 31.0 Å². The molecule has 1 heterocycles. The smallest absolute Gasteiger partial charge is 0.309 e. The number of aliphatic carboxylic acids is 1. The van der Waals surface area contributed by atoms with Crippen molar-refractivity contribution >= 4 is 22.8 Å². The van der Waals surface area contributed by atoms with Crippen LogP contribution in [0, 0.1) is 5.41 Å². The van der Waals surface area contributed by atoms with Crippen molar-refractivity contribution in [2.75, 3.05) is 6.54 Å². The van der Waals surface area contributed by atoms with E-state index in [9.17, 15) is 14.4 Å². The summed E-state index contributed by atoms with van der Waals surface area (Å²) in [6.45, 7) is 3.73. The minimum Gasteiger partial charge on any atom is -0.481 e. The zero-order chi connectivity index (χ0) is 17.7. The van der Waals surface area contributed by atoms with Crippen molar-refractivity contribution in [2.45, 2.75) is 33.2 Å². The quantitative estimate of drug-likeness (QED) is 0.798. The molecule has 0 spiro atoms. The van der Waals surface area contributed by atoms with Crippen molar-refractivity contribution in [3.05, 3.63) is 40.9 Å². The van der Waals surface area contributed by atoms with E-state index in [1.807, 2.05) is 6.07 Å². The van der Waals surface area contributed by atoms with Gasteiger partial charge in [0.2, 0.25) is 5.91 Å². The Morgan fingerprint density at radius 2 is 2.00 bits per heavy atom. The summed E-state index contributed by atoms with van der Waals surface area (Å²) in [6.07, 6.45) is 1.91. The van der Waals surface area contributed by atoms with Crippen LogP contribution in [-0.2, 0) is 16.1 Å². The maximum absolute atomic E-state index is 12.3. The van der Waals surface area contributed by atoms with Crippen molar-refractivity contribution in [2.24, 2.45) is 5.41 Å². The monoisotopic (exact) mass is 331 g/mol. The average molecular weight is 331 g/mol. The van der Waals surface area contributed by atoms with Crippen LogP contribution in [-0.4, -0.2) is 33.1 Å². The third kappa shape index (κ3) is 4.18. The molecule has 0 aliphatic carbocycles. The van der Waals surface area contributed by atoms with E-state index in [2.05, 4.69) is 10.3 Å². The number of carbonyl (C=O) groups is 2. The first kappa shape index (κ1) is 17.7. The zero-order valence-electron chi connectivity index (χ0n) is 13.8. The predicted octanol–water partition coefficient (Wildman–Crippen LogP) is 1.40. The Bertz CT molecular complexity index is 811. The van der Waals surface area contributed by atoms with Crippen LogP contribution in [0.25, 0.3) is 10.9 Å². The minimum atomic E-state index is -0.898. The summed E-state index contributed by atoms with van der Waals surface area (Å²) in [5.74, 6) is -1.12. The standard InChI is InChI=1S/C17H21N3O4/c1-17(2,16(23)24)8-9-18-14(21)7-10-20-11-19-13-6-4-3-5-12(13)15(20)22/h3-6,11H,7-10H2,1-2H3,(H,18,21)(H,23,24). The molecule has 2 aromatic rings. The third-order valence-corrected chi connectivity index (χ3v) is 3.96. The van der Waals surface area contributed by atoms with Crippen LogP contribution in [0.15, 0.2) is 35.4 Å². The number of nitrogens with one attached hydrogen (secondary N) is 1. The number of carboxylic acids is 1. The molecule has 0 bridgehead atoms. The maximum atomic E-state index is 12.3. The lowest BCUT2D eigenvalue weighted by Gasteiger charge is -2.18. The molecule has 0 aliphatic rings. The number of hydrogen-bond acceptors (Lipinski definition) is 4. The second kappa shape index (κ2) is 7.25. The molecule has 2 rings (SSSR count). The largest absolute Gasteiger partial charge is 0.481 e. The van der Waals surface area contributed by atoms with Gasteiger partial charge in [-0.1, -0.05) is 12.1 Å². The molecule has 0 fully saturated rings. The molecule has 0 radical (unpaired) electrons. The summed E-state index contributed by atoms with van der Waals surface area (Å²) in [7, 11) is 0. The second-order valence-electron chi connectivity index (χ2n) is 6.30. The van der Waals surface area contributed by atoms with Gasteiger partial charge in [0.1, 0.15) is 0 Å². The van der Waals surface area contributed by atoms with Gasteiger partial charge in [0, 0.05) is 19.5 Å². The van der Waals surface area contributed by atoms with Crippen LogP contribution in [0.4, 0.5) is 0 Å². The molecule has 7 heteroatoms. The van der Waals surface area contributed by atoms with Crippen LogP contribution < -0.4 is 10.9 Å². The van der Waals surface area contributed by atoms with Crippen molar-refractivity contribution in [1.82, 2.24) is 14.9 Å². The molecule has 0 unspecified atom stereocenters. The third-order valence-electron chi connectivity index (χ3n) is 3.96. The molecule has 7 nitrogen and oxygen atoms in total. The first-order chi connectivity index (χ1) is 11.3. The van der Waals surface area contributed by atoms with Crippen LogP contribution in [0.2, 0.25) is 0 Å². The summed E-state index contributed by atoms with van der Waals surface area (Å²) < 4.78 is 1.41. The lowest BCUT2D eigenvalue weighted by Crippen LogP contribution is -2.33. The Balaban J connectivity index is 1.89. The van der Waals surface area contributed by atoms with Gasteiger partial charge in [0.15, 0.2) is 0 Å². The van der Waals surface area contributed by atoms with Gasteiger partial charge in [-0.05, 0) is 32.4 Å². The number of aryl methyl sites for hydroxylation is 1. The molecular weight excluding hydrogens is 310 g/mol. The maximum Gasteiger partial charge on any atom is 0.309 e. The molecule has 0 atom stereocenters. The zero-order valence-corrected chi connectivity index (χ0v) is 13.8. The van der Waals surface area contributed by atoms with Gasteiger partial charge in [-0.25, -0.2) is 4.98 Å². The highest BCUT2D eigenvalue weighted by atomic mass is 16.4. The van der Waals surface area contributed by atoms with Crippen LogP contribution in [0.5, 0.6) is 0 Å². The lowest BCUT2D eigenvalue weighted by molar-refractivity contribution is -0.147. The molecule has 1 aromatic heterocycles. The molecule has 0 aliphatic heterocycles. The fourth-order valence-electron chi connectivity index (χ4n) is 2.20. The number of carboxylic acid groups (broad SMARTS) is 1. The first-order valence-corrected chi connectivity index (χ1v) is 7.75. The highest BCUT2D eigenvalue weighted by Gasteiger charge is 2.26. The minimum absolute atomic E-state index is 0.132. The number of hydrogen-bond donors (Lipinski definition) is 2. The Morgan fingerprint density at radius 3 is 2.71 bits per heavy atom. The van der Waals surface area contributed by atoms with Gasteiger partial charge >= 0.3 is 5.97 Å². The Kier molecular flexibility index (Phi) is 5.33. The molecule has 1 aromatic carbocycles. The molecule has 1 amide bonds. The van der Waals surface area contributed by atoms with Crippen molar-refractivity contribution in [1.29, 1.82) is 0 Å².